The maximum atomic E-state index is 12.0. The first kappa shape index (κ1) is 18.1. The van der Waals surface area contributed by atoms with Crippen molar-refractivity contribution in [3.05, 3.63) is 59.9 Å². The summed E-state index contributed by atoms with van der Waals surface area (Å²) in [4.78, 5) is 18.1. The largest absolute Gasteiger partial charge is 0.393 e. The quantitative estimate of drug-likeness (QED) is 0.769. The van der Waals surface area contributed by atoms with Gasteiger partial charge >= 0.3 is 0 Å². The van der Waals surface area contributed by atoms with Crippen molar-refractivity contribution in [2.75, 3.05) is 19.0 Å². The Labute approximate surface area is 144 Å². The minimum absolute atomic E-state index is 0.116. The van der Waals surface area contributed by atoms with Gasteiger partial charge in [-0.15, -0.1) is 0 Å². The van der Waals surface area contributed by atoms with Gasteiger partial charge in [0, 0.05) is 45.0 Å². The number of ketones is 1. The van der Waals surface area contributed by atoms with Gasteiger partial charge < -0.3 is 10.0 Å². The monoisotopic (exact) mass is 326 g/mol. The molecule has 0 aliphatic heterocycles. The lowest BCUT2D eigenvalue weighted by atomic mass is 10.0. The Hall–Kier alpha value is -2.20. The van der Waals surface area contributed by atoms with Crippen LogP contribution >= 0.6 is 0 Å². The molecule has 2 aromatic rings. The van der Waals surface area contributed by atoms with Crippen LogP contribution in [0.3, 0.4) is 0 Å². The predicted molar refractivity (Wildman–Crippen MR) is 97.3 cm³/mol. The molecule has 1 N–H and O–H groups in total. The number of pyridine rings is 1. The summed E-state index contributed by atoms with van der Waals surface area (Å²) < 4.78 is 0. The molecule has 0 radical (unpaired) electrons. The zero-order valence-electron chi connectivity index (χ0n) is 14.5. The number of Topliss-reactive ketones (excluding diaryl/α,β-unsaturated/α-hetero) is 1. The molecule has 1 unspecified atom stereocenters. The van der Waals surface area contributed by atoms with Gasteiger partial charge in [0.1, 0.15) is 5.78 Å². The minimum atomic E-state index is -0.575. The lowest BCUT2D eigenvalue weighted by Crippen LogP contribution is -2.15. The number of benzene rings is 1. The maximum Gasteiger partial charge on any atom is 0.135 e. The number of rotatable bonds is 9. The highest BCUT2D eigenvalue weighted by atomic mass is 16.3. The van der Waals surface area contributed by atoms with E-state index in [4.69, 9.17) is 0 Å². The first-order chi connectivity index (χ1) is 11.5. The van der Waals surface area contributed by atoms with E-state index in [0.29, 0.717) is 12.8 Å². The molecular weight excluding hydrogens is 300 g/mol. The third kappa shape index (κ3) is 6.13. The zero-order valence-corrected chi connectivity index (χ0v) is 14.5. The fourth-order valence-electron chi connectivity index (χ4n) is 2.59. The van der Waals surface area contributed by atoms with Gasteiger partial charge in [0.05, 0.1) is 6.10 Å². The molecule has 1 aromatic carbocycles. The number of aryl methyl sites for hydroxylation is 2. The van der Waals surface area contributed by atoms with Crippen LogP contribution in [0.4, 0.5) is 5.69 Å². The summed E-state index contributed by atoms with van der Waals surface area (Å²) in [5.74, 6) is 0.116. The second kappa shape index (κ2) is 9.18. The van der Waals surface area contributed by atoms with Gasteiger partial charge in [-0.25, -0.2) is 0 Å². The number of carbonyl (C=O) groups is 1. The number of anilines is 1. The van der Waals surface area contributed by atoms with E-state index in [9.17, 15) is 9.90 Å². The molecule has 0 fully saturated rings. The summed E-state index contributed by atoms with van der Waals surface area (Å²) in [5, 5.41) is 10.0. The van der Waals surface area contributed by atoms with Crippen molar-refractivity contribution in [3.8, 4) is 0 Å². The molecule has 0 spiro atoms. The second-order valence-corrected chi connectivity index (χ2v) is 6.36. The summed E-state index contributed by atoms with van der Waals surface area (Å²) >= 11 is 0. The van der Waals surface area contributed by atoms with E-state index in [1.54, 1.807) is 12.4 Å². The number of hydrogen-bond acceptors (Lipinski definition) is 4. The zero-order chi connectivity index (χ0) is 17.4. The summed E-state index contributed by atoms with van der Waals surface area (Å²) in [5.41, 5.74) is 3.39. The average Bonchev–Trinajstić information content (AvgIpc) is 2.59. The first-order valence-electron chi connectivity index (χ1n) is 8.39. The molecule has 1 aromatic heterocycles. The number of nitrogens with zero attached hydrogens (tertiary/aromatic N) is 2. The molecule has 24 heavy (non-hydrogen) atoms. The molecule has 0 saturated heterocycles. The SMILES string of the molecule is CN(C)c1ccc(CCC(=O)CC(O)CCc2cccnc2)cc1. The highest BCUT2D eigenvalue weighted by Gasteiger charge is 2.11. The van der Waals surface area contributed by atoms with Crippen LogP contribution in [-0.2, 0) is 17.6 Å². The van der Waals surface area contributed by atoms with Gasteiger partial charge in [0.15, 0.2) is 0 Å². The Bertz CT molecular complexity index is 624. The number of aliphatic hydroxyl groups is 1. The molecule has 1 heterocycles. The van der Waals surface area contributed by atoms with Crippen LogP contribution in [-0.4, -0.2) is 36.1 Å². The van der Waals surface area contributed by atoms with E-state index < -0.39 is 6.10 Å². The fraction of sp³-hybridized carbons (Fsp3) is 0.400. The van der Waals surface area contributed by atoms with E-state index in [2.05, 4.69) is 29.2 Å². The number of hydrogen-bond donors (Lipinski definition) is 1. The van der Waals surface area contributed by atoms with Gasteiger partial charge in [-0.1, -0.05) is 18.2 Å². The highest BCUT2D eigenvalue weighted by molar-refractivity contribution is 5.79. The van der Waals surface area contributed by atoms with Gasteiger partial charge in [-0.05, 0) is 48.6 Å². The van der Waals surface area contributed by atoms with Crippen LogP contribution in [0.15, 0.2) is 48.8 Å². The molecule has 0 amide bonds. The predicted octanol–water partition coefficient (Wildman–Crippen LogP) is 3.03. The summed E-state index contributed by atoms with van der Waals surface area (Å²) in [6.45, 7) is 0. The van der Waals surface area contributed by atoms with Crippen LogP contribution in [0.1, 0.15) is 30.4 Å². The maximum absolute atomic E-state index is 12.0. The fourth-order valence-corrected chi connectivity index (χ4v) is 2.59. The molecule has 4 nitrogen and oxygen atoms in total. The normalized spacial score (nSPS) is 12.0. The summed E-state index contributed by atoms with van der Waals surface area (Å²) in [6.07, 6.45) is 5.72. The van der Waals surface area contributed by atoms with Gasteiger partial charge in [-0.3, -0.25) is 9.78 Å². The van der Waals surface area contributed by atoms with Crippen LogP contribution in [0, 0.1) is 0 Å². The summed E-state index contributed by atoms with van der Waals surface area (Å²) in [7, 11) is 4.01. The second-order valence-electron chi connectivity index (χ2n) is 6.36. The molecule has 0 bridgehead atoms. The Morgan fingerprint density at radius 2 is 1.88 bits per heavy atom. The van der Waals surface area contributed by atoms with Crippen molar-refractivity contribution >= 4 is 11.5 Å². The van der Waals surface area contributed by atoms with Crippen LogP contribution < -0.4 is 4.90 Å². The van der Waals surface area contributed by atoms with Crippen molar-refractivity contribution in [1.82, 2.24) is 4.98 Å². The molecule has 1 atom stereocenters. The third-order valence-electron chi connectivity index (χ3n) is 4.10. The first-order valence-corrected chi connectivity index (χ1v) is 8.39. The van der Waals surface area contributed by atoms with E-state index in [0.717, 1.165) is 29.7 Å². The number of aromatic nitrogens is 1. The van der Waals surface area contributed by atoms with E-state index >= 15 is 0 Å². The van der Waals surface area contributed by atoms with Crippen LogP contribution in [0.2, 0.25) is 0 Å². The molecular formula is C20H26N2O2. The van der Waals surface area contributed by atoms with Crippen LogP contribution in [0.25, 0.3) is 0 Å². The Kier molecular flexibility index (Phi) is 6.94. The van der Waals surface area contributed by atoms with Crippen molar-refractivity contribution in [2.24, 2.45) is 0 Å². The Morgan fingerprint density at radius 1 is 1.12 bits per heavy atom. The van der Waals surface area contributed by atoms with Crippen molar-refractivity contribution in [3.63, 3.8) is 0 Å². The molecule has 128 valence electrons. The Morgan fingerprint density at radius 3 is 2.50 bits per heavy atom. The number of aliphatic hydroxyl groups excluding tert-OH is 1. The standard InChI is InChI=1S/C20H26N2O2/c1-22(2)18-9-5-16(6-10-18)7-11-19(23)14-20(24)12-8-17-4-3-13-21-15-17/h3-6,9-10,13,15,20,24H,7-8,11-12,14H2,1-2H3. The lowest BCUT2D eigenvalue weighted by molar-refractivity contribution is -0.120. The highest BCUT2D eigenvalue weighted by Crippen LogP contribution is 2.14. The molecule has 2 rings (SSSR count). The van der Waals surface area contributed by atoms with Crippen molar-refractivity contribution in [2.45, 2.75) is 38.2 Å². The van der Waals surface area contributed by atoms with E-state index in [1.165, 1.54) is 0 Å². The number of carbonyl (C=O) groups excluding carboxylic acids is 1. The third-order valence-corrected chi connectivity index (χ3v) is 4.10. The Balaban J connectivity index is 1.70. The average molecular weight is 326 g/mol. The summed E-state index contributed by atoms with van der Waals surface area (Å²) in [6, 6.07) is 12.1. The van der Waals surface area contributed by atoms with Gasteiger partial charge in [-0.2, -0.15) is 0 Å². The van der Waals surface area contributed by atoms with Crippen LogP contribution in [0.5, 0.6) is 0 Å². The van der Waals surface area contributed by atoms with Gasteiger partial charge in [0.25, 0.3) is 0 Å². The van der Waals surface area contributed by atoms with Crippen molar-refractivity contribution in [1.29, 1.82) is 0 Å². The van der Waals surface area contributed by atoms with E-state index in [1.807, 2.05) is 31.1 Å². The lowest BCUT2D eigenvalue weighted by Gasteiger charge is -2.13. The smallest absolute Gasteiger partial charge is 0.135 e. The molecule has 0 aliphatic carbocycles. The molecule has 0 aliphatic rings. The van der Waals surface area contributed by atoms with Crippen molar-refractivity contribution < 1.29 is 9.90 Å². The van der Waals surface area contributed by atoms with E-state index in [-0.39, 0.29) is 12.2 Å². The molecule has 4 heteroatoms. The topological polar surface area (TPSA) is 53.4 Å². The van der Waals surface area contributed by atoms with Gasteiger partial charge in [0.2, 0.25) is 0 Å². The minimum Gasteiger partial charge on any atom is -0.393 e. The molecule has 0 saturated carbocycles.